The number of carbonyl (C=O) groups is 2. The molecule has 1 N–H and O–H groups in total. The molecule has 1 aliphatic heterocycles. The number of benzene rings is 1. The maximum atomic E-state index is 12.6. The van der Waals surface area contributed by atoms with Gasteiger partial charge in [-0.15, -0.1) is 11.8 Å². The number of rotatable bonds is 3. The van der Waals surface area contributed by atoms with E-state index in [2.05, 4.69) is 26.8 Å². The van der Waals surface area contributed by atoms with Gasteiger partial charge in [-0.3, -0.25) is 9.59 Å². The van der Waals surface area contributed by atoms with Crippen molar-refractivity contribution in [2.75, 3.05) is 19.8 Å². The molecule has 0 unspecified atom stereocenters. The molecule has 0 radical (unpaired) electrons. The summed E-state index contributed by atoms with van der Waals surface area (Å²) in [6.07, 6.45) is 3.64. The molecule has 4 rings (SSSR count). The third-order valence-electron chi connectivity index (χ3n) is 4.98. The van der Waals surface area contributed by atoms with Crippen molar-refractivity contribution in [1.82, 2.24) is 19.9 Å². The standard InChI is InChI=1S/C21H18N4O3S2/c1-12-4-5-13(15(26)6-7-21(28)8-9-25(2)20(21)27)10-14(12)17-24-16-18(29-3)22-11-23-19(16)30-17/h4-5,10-11,28H,8-9H2,1-3H3/t21-/m0/s1. The van der Waals surface area contributed by atoms with E-state index in [4.69, 9.17) is 0 Å². The van der Waals surface area contributed by atoms with Crippen LogP contribution < -0.4 is 0 Å². The number of hydrogen-bond donors (Lipinski definition) is 1. The van der Waals surface area contributed by atoms with Crippen LogP contribution in [0.5, 0.6) is 0 Å². The number of carbonyl (C=O) groups excluding carboxylic acids is 2. The third-order valence-corrected chi connectivity index (χ3v) is 6.66. The molecule has 1 atom stereocenters. The lowest BCUT2D eigenvalue weighted by molar-refractivity contribution is -0.137. The molecule has 30 heavy (non-hydrogen) atoms. The quantitative estimate of drug-likeness (QED) is 0.221. The largest absolute Gasteiger partial charge is 0.369 e. The SMILES string of the molecule is CSc1ncnc2sc(-c3cc(C(=O)C#C[C@]4(O)CCN(C)C4=O)ccc3C)nc12. The van der Waals surface area contributed by atoms with E-state index in [9.17, 15) is 14.7 Å². The van der Waals surface area contributed by atoms with Crippen molar-refractivity contribution in [2.24, 2.45) is 0 Å². The lowest BCUT2D eigenvalue weighted by atomic mass is 10.0. The van der Waals surface area contributed by atoms with Gasteiger partial charge in [0.05, 0.1) is 0 Å². The Labute approximate surface area is 181 Å². The second-order valence-corrected chi connectivity index (χ2v) is 8.77. The van der Waals surface area contributed by atoms with Crippen molar-refractivity contribution in [2.45, 2.75) is 24.0 Å². The van der Waals surface area contributed by atoms with Gasteiger partial charge in [-0.25, -0.2) is 15.0 Å². The van der Waals surface area contributed by atoms with E-state index < -0.39 is 17.3 Å². The maximum absolute atomic E-state index is 12.6. The summed E-state index contributed by atoms with van der Waals surface area (Å²) in [7, 11) is 1.60. The highest BCUT2D eigenvalue weighted by Gasteiger charge is 2.42. The molecular weight excluding hydrogens is 420 g/mol. The van der Waals surface area contributed by atoms with Gasteiger partial charge in [0.2, 0.25) is 11.4 Å². The van der Waals surface area contributed by atoms with Crippen LogP contribution in [0.1, 0.15) is 22.3 Å². The minimum atomic E-state index is -1.79. The summed E-state index contributed by atoms with van der Waals surface area (Å²) in [5.41, 5.74) is 1.10. The third kappa shape index (κ3) is 3.58. The number of aryl methyl sites for hydroxylation is 1. The molecule has 1 aliphatic rings. The van der Waals surface area contributed by atoms with Gasteiger partial charge in [0.15, 0.2) is 0 Å². The summed E-state index contributed by atoms with van der Waals surface area (Å²) in [5.74, 6) is 3.98. The molecule has 3 heterocycles. The molecular formula is C21H18N4O3S2. The number of hydrogen-bond acceptors (Lipinski definition) is 8. The lowest BCUT2D eigenvalue weighted by Crippen LogP contribution is -2.37. The predicted molar refractivity (Wildman–Crippen MR) is 116 cm³/mol. The molecule has 152 valence electrons. The molecule has 1 amide bonds. The highest BCUT2D eigenvalue weighted by atomic mass is 32.2. The summed E-state index contributed by atoms with van der Waals surface area (Å²) in [5, 5.41) is 11.9. The predicted octanol–water partition coefficient (Wildman–Crippen LogP) is 2.56. The highest BCUT2D eigenvalue weighted by Crippen LogP contribution is 2.34. The van der Waals surface area contributed by atoms with Crippen molar-refractivity contribution < 1.29 is 14.7 Å². The first-order valence-corrected chi connectivity index (χ1v) is 11.2. The van der Waals surface area contributed by atoms with Crippen LogP contribution in [0, 0.1) is 18.8 Å². The van der Waals surface area contributed by atoms with E-state index in [0.717, 1.165) is 31.5 Å². The van der Waals surface area contributed by atoms with Crippen LogP contribution in [0.25, 0.3) is 20.9 Å². The molecule has 2 aromatic heterocycles. The Kier molecular flexibility index (Phi) is 5.32. The molecule has 3 aromatic rings. The fourth-order valence-electron chi connectivity index (χ4n) is 3.19. The summed E-state index contributed by atoms with van der Waals surface area (Å²) < 4.78 is 0. The van der Waals surface area contributed by atoms with Crippen molar-refractivity contribution >= 4 is 45.1 Å². The van der Waals surface area contributed by atoms with E-state index >= 15 is 0 Å². The van der Waals surface area contributed by atoms with Crippen molar-refractivity contribution in [3.63, 3.8) is 0 Å². The van der Waals surface area contributed by atoms with Crippen molar-refractivity contribution in [3.8, 4) is 22.4 Å². The van der Waals surface area contributed by atoms with Crippen LogP contribution in [0.3, 0.4) is 0 Å². The number of amides is 1. The smallest absolute Gasteiger partial charge is 0.267 e. The average molecular weight is 439 g/mol. The van der Waals surface area contributed by atoms with Gasteiger partial charge in [-0.1, -0.05) is 23.5 Å². The number of aliphatic hydroxyl groups is 1. The van der Waals surface area contributed by atoms with E-state index in [1.807, 2.05) is 19.2 Å². The molecule has 0 spiro atoms. The van der Waals surface area contributed by atoms with E-state index in [1.54, 1.807) is 19.2 Å². The topological polar surface area (TPSA) is 96.3 Å². The van der Waals surface area contributed by atoms with Crippen molar-refractivity contribution in [3.05, 3.63) is 35.7 Å². The summed E-state index contributed by atoms with van der Waals surface area (Å²) in [6.45, 7) is 2.35. The molecule has 9 heteroatoms. The Morgan fingerprint density at radius 3 is 2.87 bits per heavy atom. The molecule has 0 saturated carbocycles. The maximum Gasteiger partial charge on any atom is 0.267 e. The van der Waals surface area contributed by atoms with Crippen LogP contribution in [-0.2, 0) is 4.79 Å². The lowest BCUT2D eigenvalue weighted by Gasteiger charge is -2.13. The summed E-state index contributed by atoms with van der Waals surface area (Å²) in [6, 6.07) is 5.26. The minimum Gasteiger partial charge on any atom is -0.369 e. The Balaban J connectivity index is 1.69. The first-order valence-electron chi connectivity index (χ1n) is 9.14. The van der Waals surface area contributed by atoms with Gasteiger partial charge in [-0.2, -0.15) is 0 Å². The average Bonchev–Trinajstić information content (AvgIpc) is 3.29. The first kappa shape index (κ1) is 20.5. The Hall–Kier alpha value is -2.80. The molecule has 1 aromatic carbocycles. The Morgan fingerprint density at radius 2 is 2.17 bits per heavy atom. The van der Waals surface area contributed by atoms with Crippen molar-refractivity contribution in [1.29, 1.82) is 0 Å². The number of aromatic nitrogens is 3. The molecule has 0 aliphatic carbocycles. The van der Waals surface area contributed by atoms with Crippen LogP contribution in [-0.4, -0.2) is 62.1 Å². The number of likely N-dealkylation sites (N-methyl/N-ethyl adjacent to an activating group) is 1. The summed E-state index contributed by atoms with van der Waals surface area (Å²) in [4.78, 5) is 40.1. The number of thioether (sulfide) groups is 1. The van der Waals surface area contributed by atoms with E-state index in [1.165, 1.54) is 34.3 Å². The Morgan fingerprint density at radius 1 is 1.37 bits per heavy atom. The van der Waals surface area contributed by atoms with E-state index in [0.29, 0.717) is 12.1 Å². The van der Waals surface area contributed by atoms with Gasteiger partial charge in [-0.05, 0) is 36.7 Å². The first-order chi connectivity index (χ1) is 14.3. The van der Waals surface area contributed by atoms with E-state index in [-0.39, 0.29) is 6.42 Å². The number of thiazole rings is 1. The summed E-state index contributed by atoms with van der Waals surface area (Å²) >= 11 is 2.94. The highest BCUT2D eigenvalue weighted by molar-refractivity contribution is 7.98. The van der Waals surface area contributed by atoms with Crippen LogP contribution >= 0.6 is 23.1 Å². The molecule has 7 nitrogen and oxygen atoms in total. The zero-order valence-corrected chi connectivity index (χ0v) is 18.2. The van der Waals surface area contributed by atoms with Gasteiger partial charge in [0.25, 0.3) is 5.91 Å². The zero-order valence-electron chi connectivity index (χ0n) is 16.6. The monoisotopic (exact) mass is 438 g/mol. The molecule has 0 bridgehead atoms. The number of nitrogens with zero attached hydrogens (tertiary/aromatic N) is 4. The van der Waals surface area contributed by atoms with Crippen LogP contribution in [0.4, 0.5) is 0 Å². The van der Waals surface area contributed by atoms with Gasteiger partial charge in [0.1, 0.15) is 26.7 Å². The van der Waals surface area contributed by atoms with Gasteiger partial charge in [0, 0.05) is 31.1 Å². The number of likely N-dealkylation sites (tertiary alicyclic amines) is 1. The van der Waals surface area contributed by atoms with Gasteiger partial charge >= 0.3 is 0 Å². The normalized spacial score (nSPS) is 18.5. The molecule has 1 fully saturated rings. The zero-order chi connectivity index (χ0) is 21.5. The van der Waals surface area contributed by atoms with Crippen LogP contribution in [0.2, 0.25) is 0 Å². The Bertz CT molecular complexity index is 1240. The number of Topliss-reactive ketones (excluding diaryl/α,β-unsaturated/α-hetero) is 1. The number of fused-ring (bicyclic) bond motifs is 1. The fourth-order valence-corrected chi connectivity index (χ4v) is 4.74. The fraction of sp³-hybridized carbons (Fsp3) is 0.286. The molecule has 1 saturated heterocycles. The van der Waals surface area contributed by atoms with Gasteiger partial charge < -0.3 is 10.0 Å². The second-order valence-electron chi connectivity index (χ2n) is 7.00. The minimum absolute atomic E-state index is 0.187. The van der Waals surface area contributed by atoms with Crippen LogP contribution in [0.15, 0.2) is 29.6 Å². The number of ketones is 1. The second kappa shape index (κ2) is 7.80.